The number of fused-ring (bicyclic) bond motifs is 6. The highest BCUT2D eigenvalue weighted by Crippen LogP contribution is 2.46. The first kappa shape index (κ1) is 23.8. The summed E-state index contributed by atoms with van der Waals surface area (Å²) in [6.07, 6.45) is 2.84. The Morgan fingerprint density at radius 1 is 1.19 bits per heavy atom. The van der Waals surface area contributed by atoms with Gasteiger partial charge < -0.3 is 23.5 Å². The maximum absolute atomic E-state index is 13.7. The topological polar surface area (TPSA) is 106 Å². The molecule has 6 rings (SSSR count). The van der Waals surface area contributed by atoms with Crippen molar-refractivity contribution in [2.75, 3.05) is 6.79 Å². The zero-order valence-corrected chi connectivity index (χ0v) is 21.5. The fourth-order valence-corrected chi connectivity index (χ4v) is 5.99. The summed E-state index contributed by atoms with van der Waals surface area (Å²) in [5, 5.41) is 1.01. The molecular weight excluding hydrogens is 500 g/mol. The Morgan fingerprint density at radius 3 is 2.73 bits per heavy atom. The summed E-state index contributed by atoms with van der Waals surface area (Å²) < 4.78 is 23.7. The molecule has 10 heteroatoms. The molecule has 3 aromatic rings. The third-order valence-electron chi connectivity index (χ3n) is 7.67. The van der Waals surface area contributed by atoms with E-state index in [-0.39, 0.29) is 30.9 Å². The molecule has 0 bridgehead atoms. The predicted molar refractivity (Wildman–Crippen MR) is 134 cm³/mol. The van der Waals surface area contributed by atoms with Gasteiger partial charge in [0.1, 0.15) is 6.61 Å². The van der Waals surface area contributed by atoms with Crippen molar-refractivity contribution in [3.8, 4) is 22.9 Å². The first-order chi connectivity index (χ1) is 17.8. The highest BCUT2D eigenvalue weighted by molar-refractivity contribution is 6.61. The zero-order chi connectivity index (χ0) is 26.1. The van der Waals surface area contributed by atoms with Crippen molar-refractivity contribution >= 4 is 33.9 Å². The smallest absolute Gasteiger partial charge is 0.405 e. The second-order valence-corrected chi connectivity index (χ2v) is 9.87. The van der Waals surface area contributed by atoms with E-state index in [1.54, 1.807) is 17.6 Å². The van der Waals surface area contributed by atoms with Gasteiger partial charge in [0.25, 0.3) is 5.56 Å². The van der Waals surface area contributed by atoms with E-state index in [0.717, 1.165) is 52.6 Å². The van der Waals surface area contributed by atoms with Gasteiger partial charge in [-0.2, -0.15) is 0 Å². The van der Waals surface area contributed by atoms with Crippen molar-refractivity contribution < 1.29 is 28.5 Å². The number of rotatable bonds is 5. The zero-order valence-electron chi connectivity index (χ0n) is 20.7. The quantitative estimate of drug-likeness (QED) is 0.269. The van der Waals surface area contributed by atoms with Gasteiger partial charge in [0.2, 0.25) is 12.4 Å². The van der Waals surface area contributed by atoms with E-state index in [0.29, 0.717) is 29.2 Å². The highest BCUT2D eigenvalue weighted by atomic mass is 35.5. The number of aryl methyl sites for hydroxylation is 2. The number of nitrogens with zero attached hydrogens (tertiary/aromatic N) is 2. The summed E-state index contributed by atoms with van der Waals surface area (Å²) in [6, 6.07) is 3.61. The van der Waals surface area contributed by atoms with Gasteiger partial charge in [-0.05, 0) is 37.8 Å². The minimum Gasteiger partial charge on any atom is -0.457 e. The number of unbranched alkanes of at least 4 members (excludes halogenated alkanes) is 1. The number of esters is 1. The fourth-order valence-electron chi connectivity index (χ4n) is 5.86. The van der Waals surface area contributed by atoms with Crippen molar-refractivity contribution in [1.29, 1.82) is 0 Å². The molecule has 1 atom stereocenters. The molecule has 0 unspecified atom stereocenters. The van der Waals surface area contributed by atoms with Crippen LogP contribution in [-0.4, -0.2) is 27.7 Å². The summed E-state index contributed by atoms with van der Waals surface area (Å²) in [6.45, 7) is 6.12. The number of carbonyl (C=O) groups is 2. The average Bonchev–Trinajstić information content (AvgIpc) is 3.49. The first-order valence-electron chi connectivity index (χ1n) is 12.4. The molecule has 0 amide bonds. The van der Waals surface area contributed by atoms with Crippen LogP contribution in [0.4, 0.5) is 4.79 Å². The van der Waals surface area contributed by atoms with Crippen LogP contribution >= 0.6 is 11.6 Å². The molecule has 0 saturated heterocycles. The van der Waals surface area contributed by atoms with Gasteiger partial charge in [-0.15, -0.1) is 0 Å². The van der Waals surface area contributed by atoms with E-state index >= 15 is 0 Å². The van der Waals surface area contributed by atoms with Crippen LogP contribution in [0.15, 0.2) is 16.9 Å². The van der Waals surface area contributed by atoms with Crippen LogP contribution in [0.5, 0.6) is 11.5 Å². The van der Waals surface area contributed by atoms with Crippen molar-refractivity contribution in [1.82, 2.24) is 9.55 Å². The Bertz CT molecular complexity index is 1580. The molecule has 37 heavy (non-hydrogen) atoms. The van der Waals surface area contributed by atoms with E-state index in [9.17, 15) is 14.4 Å². The van der Waals surface area contributed by atoms with Crippen molar-refractivity contribution in [2.45, 2.75) is 65.2 Å². The first-order valence-corrected chi connectivity index (χ1v) is 12.8. The number of ether oxygens (including phenoxy) is 4. The van der Waals surface area contributed by atoms with Crippen LogP contribution in [0.3, 0.4) is 0 Å². The van der Waals surface area contributed by atoms with E-state index in [4.69, 9.17) is 35.5 Å². The van der Waals surface area contributed by atoms with Gasteiger partial charge in [-0.3, -0.25) is 4.79 Å². The van der Waals surface area contributed by atoms with E-state index in [1.807, 2.05) is 13.0 Å². The maximum atomic E-state index is 13.7. The number of hydrogen-bond donors (Lipinski definition) is 0. The van der Waals surface area contributed by atoms with Crippen molar-refractivity contribution in [3.63, 3.8) is 0 Å². The normalized spacial score (nSPS) is 18.9. The van der Waals surface area contributed by atoms with Gasteiger partial charge in [-0.25, -0.2) is 14.6 Å². The van der Waals surface area contributed by atoms with E-state index in [2.05, 4.69) is 6.92 Å². The monoisotopic (exact) mass is 524 g/mol. The Labute approximate surface area is 217 Å². The van der Waals surface area contributed by atoms with Crippen LogP contribution in [0.1, 0.15) is 60.9 Å². The summed E-state index contributed by atoms with van der Waals surface area (Å²) >= 11 is 5.56. The summed E-state index contributed by atoms with van der Waals surface area (Å²) in [7, 11) is 0. The third-order valence-corrected chi connectivity index (χ3v) is 7.75. The molecular formula is C27H25ClN2O7. The number of halogens is 1. The number of hydrogen-bond acceptors (Lipinski definition) is 8. The van der Waals surface area contributed by atoms with E-state index < -0.39 is 17.0 Å². The Morgan fingerprint density at radius 2 is 2.00 bits per heavy atom. The molecule has 3 aliphatic rings. The predicted octanol–water partition coefficient (Wildman–Crippen LogP) is 4.84. The Balaban J connectivity index is 1.64. The van der Waals surface area contributed by atoms with Gasteiger partial charge in [0.15, 0.2) is 11.5 Å². The number of benzene rings is 1. The van der Waals surface area contributed by atoms with Crippen LogP contribution < -0.4 is 15.0 Å². The average molecular weight is 525 g/mol. The molecule has 2 aromatic heterocycles. The lowest BCUT2D eigenvalue weighted by Gasteiger charge is -2.34. The number of carbonyl (C=O) groups excluding carboxylic acids is 2. The van der Waals surface area contributed by atoms with Crippen LogP contribution in [0, 0.1) is 6.92 Å². The lowest BCUT2D eigenvalue weighted by atomic mass is 9.85. The maximum Gasteiger partial charge on any atom is 0.405 e. The standard InChI is InChI=1S/C27H25ClN2O7/c1-4-6-7-14-15-10-30-19(22(15)29-18-9-20-23(36-12-35-20)13(3)21(14)18)8-17-16(24(30)31)11-34-25(32)27(17,5-2)37-26(28)33/h8-9H,4-7,10-12H2,1-3H3/t27-/m0/s1. The molecule has 1 aromatic carbocycles. The lowest BCUT2D eigenvalue weighted by Crippen LogP contribution is -2.46. The summed E-state index contributed by atoms with van der Waals surface area (Å²) in [5.41, 5.74) is 2.34. The SMILES string of the molecule is CCCCc1c2c(nc3cc4c(c(C)c13)OCO4)-c1cc3c(c(=O)n1C2)COC(=O)[C@@]3(CC)OC(=O)Cl. The highest BCUT2D eigenvalue weighted by Gasteiger charge is 2.50. The molecule has 192 valence electrons. The van der Waals surface area contributed by atoms with Crippen molar-refractivity contribution in [2.24, 2.45) is 0 Å². The molecule has 0 aliphatic carbocycles. The Hall–Kier alpha value is -3.59. The molecule has 0 spiro atoms. The van der Waals surface area contributed by atoms with Gasteiger partial charge in [0, 0.05) is 39.7 Å². The van der Waals surface area contributed by atoms with Crippen LogP contribution in [0.25, 0.3) is 22.3 Å². The number of pyridine rings is 2. The minimum atomic E-state index is -1.80. The fraction of sp³-hybridized carbons (Fsp3) is 0.407. The molecule has 0 fully saturated rings. The van der Waals surface area contributed by atoms with Gasteiger partial charge in [0.05, 0.1) is 29.0 Å². The number of aromatic nitrogens is 2. The second-order valence-electron chi connectivity index (χ2n) is 9.56. The van der Waals surface area contributed by atoms with Crippen molar-refractivity contribution in [3.05, 3.63) is 50.3 Å². The molecule has 3 aliphatic heterocycles. The second kappa shape index (κ2) is 8.48. The molecule has 9 nitrogen and oxygen atoms in total. The lowest BCUT2D eigenvalue weighted by molar-refractivity contribution is -0.171. The summed E-state index contributed by atoms with van der Waals surface area (Å²) in [4.78, 5) is 43.4. The number of cyclic esters (lactones) is 1. The third kappa shape index (κ3) is 3.29. The summed E-state index contributed by atoms with van der Waals surface area (Å²) in [5.74, 6) is 0.612. The van der Waals surface area contributed by atoms with Crippen LogP contribution in [-0.2, 0) is 39.4 Å². The molecule has 0 radical (unpaired) electrons. The van der Waals surface area contributed by atoms with Gasteiger partial charge >= 0.3 is 11.4 Å². The minimum absolute atomic E-state index is 0.0581. The molecule has 5 heterocycles. The largest absolute Gasteiger partial charge is 0.457 e. The van der Waals surface area contributed by atoms with Crippen LogP contribution in [0.2, 0.25) is 0 Å². The molecule has 0 N–H and O–H groups in total. The van der Waals surface area contributed by atoms with E-state index in [1.165, 1.54) is 0 Å². The molecule has 0 saturated carbocycles. The Kier molecular flexibility index (Phi) is 5.45. The van der Waals surface area contributed by atoms with Gasteiger partial charge in [-0.1, -0.05) is 20.3 Å².